The van der Waals surface area contributed by atoms with Crippen molar-refractivity contribution >= 4 is 27.5 Å². The summed E-state index contributed by atoms with van der Waals surface area (Å²) in [6.07, 6.45) is -17.7. The Kier molecular flexibility index (Phi) is 9.61. The number of anilines is 2. The second kappa shape index (κ2) is 13.0. The van der Waals surface area contributed by atoms with Gasteiger partial charge in [0, 0.05) is 13.1 Å². The number of carbonyl (C=O) groups excluding carboxylic acids is 1. The molecule has 3 aromatic carbocycles. The van der Waals surface area contributed by atoms with E-state index < -0.39 is 105 Å². The van der Waals surface area contributed by atoms with Gasteiger partial charge in [0.2, 0.25) is 10.0 Å². The molecule has 51 heavy (non-hydrogen) atoms. The van der Waals surface area contributed by atoms with Crippen molar-refractivity contribution in [2.75, 3.05) is 18.0 Å². The smallest absolute Gasteiger partial charge is 0.453 e. The number of nitrogens with zero attached hydrogens (tertiary/aromatic N) is 2. The number of hydrogen-bond donors (Lipinski definition) is 2. The Hall–Kier alpha value is -4.43. The van der Waals surface area contributed by atoms with Crippen LogP contribution in [-0.2, 0) is 27.1 Å². The van der Waals surface area contributed by atoms with Crippen molar-refractivity contribution in [3.63, 3.8) is 0 Å². The number of aliphatic hydroxyl groups is 1. The molecular weight excluding hydrogens is 729 g/mol. The van der Waals surface area contributed by atoms with Crippen LogP contribution in [0.2, 0.25) is 0 Å². The van der Waals surface area contributed by atoms with Crippen LogP contribution in [0.3, 0.4) is 0 Å². The van der Waals surface area contributed by atoms with Crippen molar-refractivity contribution in [1.82, 2.24) is 9.62 Å². The van der Waals surface area contributed by atoms with E-state index in [1.807, 2.05) is 0 Å². The van der Waals surface area contributed by atoms with Crippen molar-refractivity contribution in [3.8, 4) is 17.2 Å². The Bertz CT molecular complexity index is 1830. The van der Waals surface area contributed by atoms with Crippen LogP contribution in [0.15, 0.2) is 65.6 Å². The lowest BCUT2D eigenvalue weighted by Crippen LogP contribution is -2.66. The van der Waals surface area contributed by atoms with E-state index in [9.17, 15) is 57.8 Å². The Morgan fingerprint density at radius 1 is 0.824 bits per heavy atom. The van der Waals surface area contributed by atoms with Gasteiger partial charge in [-0.25, -0.2) is 17.9 Å². The number of alkyl halides is 9. The summed E-state index contributed by atoms with van der Waals surface area (Å²) in [5.74, 6) is -1.85. The number of hydrogen-bond acceptors (Lipinski definition) is 8. The molecular formula is C31H28F9N3O7S. The van der Waals surface area contributed by atoms with Crippen LogP contribution in [0, 0.1) is 0 Å². The fourth-order valence-electron chi connectivity index (χ4n) is 5.47. The highest BCUT2D eigenvalue weighted by molar-refractivity contribution is 7.89. The third kappa shape index (κ3) is 8.55. The summed E-state index contributed by atoms with van der Waals surface area (Å²) >= 11 is 0. The van der Waals surface area contributed by atoms with Crippen molar-refractivity contribution in [2.24, 2.45) is 0 Å². The Morgan fingerprint density at radius 3 is 1.78 bits per heavy atom. The molecule has 0 spiro atoms. The van der Waals surface area contributed by atoms with E-state index in [1.54, 1.807) is 0 Å². The van der Waals surface area contributed by atoms with Gasteiger partial charge in [0.25, 0.3) is 0 Å². The summed E-state index contributed by atoms with van der Waals surface area (Å²) in [4.78, 5) is 14.9. The molecule has 3 aromatic rings. The third-order valence-electron chi connectivity index (χ3n) is 7.60. The molecule has 278 valence electrons. The predicted molar refractivity (Wildman–Crippen MR) is 160 cm³/mol. The van der Waals surface area contributed by atoms with Crippen molar-refractivity contribution in [2.45, 2.75) is 68.2 Å². The summed E-state index contributed by atoms with van der Waals surface area (Å²) < 4.78 is 164. The van der Waals surface area contributed by atoms with Gasteiger partial charge in [-0.3, -0.25) is 0 Å². The normalized spacial score (nSPS) is 19.9. The van der Waals surface area contributed by atoms with Crippen LogP contribution in [-0.4, -0.2) is 67.8 Å². The largest absolute Gasteiger partial charge is 0.573 e. The first kappa shape index (κ1) is 37.8. The lowest BCUT2D eigenvalue weighted by molar-refractivity contribution is -0.274. The summed E-state index contributed by atoms with van der Waals surface area (Å²) in [6.45, 7) is 3.54. The zero-order valence-electron chi connectivity index (χ0n) is 26.5. The molecule has 0 aromatic heterocycles. The lowest BCUT2D eigenvalue weighted by Gasteiger charge is -2.48. The zero-order valence-corrected chi connectivity index (χ0v) is 27.3. The number of sulfonamides is 1. The highest BCUT2D eigenvalue weighted by atomic mass is 32.2. The highest BCUT2D eigenvalue weighted by Gasteiger charge is 2.47. The van der Waals surface area contributed by atoms with Gasteiger partial charge in [0.1, 0.15) is 11.4 Å². The SMILES string of the molecule is CC(C)(C)OC(=O)N1CC(NS(=O)(=O)c2ccc(OC(F)(F)F)cc2)C(O)C(N2c3ccc(C(F)(F)F)cc3Oc3cc(C(F)(F)F)ccc32)C1. The molecule has 2 aliphatic heterocycles. The summed E-state index contributed by atoms with van der Waals surface area (Å²) in [6, 6.07) is 4.22. The maximum Gasteiger partial charge on any atom is 0.573 e. The Balaban J connectivity index is 1.59. The average Bonchev–Trinajstić information content (AvgIpc) is 2.98. The number of ether oxygens (including phenoxy) is 3. The maximum atomic E-state index is 13.7. The fraction of sp³-hybridized carbons (Fsp3) is 0.387. The van der Waals surface area contributed by atoms with Crippen LogP contribution in [0.4, 0.5) is 55.7 Å². The Morgan fingerprint density at radius 2 is 1.33 bits per heavy atom. The van der Waals surface area contributed by atoms with E-state index >= 15 is 0 Å². The first-order valence-electron chi connectivity index (χ1n) is 14.8. The second-order valence-electron chi connectivity index (χ2n) is 12.5. The maximum absolute atomic E-state index is 13.7. The summed E-state index contributed by atoms with van der Waals surface area (Å²) in [7, 11) is -4.68. The minimum atomic E-state index is -5.07. The number of rotatable bonds is 5. The zero-order chi connectivity index (χ0) is 37.9. The Labute approximate surface area is 284 Å². The number of aliphatic hydroxyl groups excluding tert-OH is 1. The van der Waals surface area contributed by atoms with Gasteiger partial charge in [-0.1, -0.05) is 0 Å². The molecule has 3 atom stereocenters. The van der Waals surface area contributed by atoms with Gasteiger partial charge in [0.15, 0.2) is 11.5 Å². The fourth-order valence-corrected chi connectivity index (χ4v) is 6.72. The van der Waals surface area contributed by atoms with Crippen molar-refractivity contribution < 1.29 is 72.0 Å². The van der Waals surface area contributed by atoms with Crippen LogP contribution < -0.4 is 19.1 Å². The number of halogens is 9. The molecule has 1 fully saturated rings. The van der Waals surface area contributed by atoms with E-state index in [4.69, 9.17) is 9.47 Å². The molecule has 1 amide bonds. The van der Waals surface area contributed by atoms with Crippen molar-refractivity contribution in [1.29, 1.82) is 0 Å². The molecule has 0 radical (unpaired) electrons. The van der Waals surface area contributed by atoms with Gasteiger partial charge in [-0.15, -0.1) is 13.2 Å². The number of benzene rings is 3. The average molecular weight is 758 g/mol. The predicted octanol–water partition coefficient (Wildman–Crippen LogP) is 7.19. The van der Waals surface area contributed by atoms with E-state index in [1.165, 1.54) is 20.8 Å². The molecule has 2 N–H and O–H groups in total. The molecule has 0 saturated carbocycles. The standard InChI is InChI=1S/C31H28F9N3O7S/c1-28(2,3)50-27(45)42-14-20(41-51(46,47)19-8-6-18(7-9-19)49-31(38,39)40)26(44)23(15-42)43-21-10-4-16(29(32,33)34)12-24(21)48-25-13-17(30(35,36)37)5-11-22(25)43/h4-13,20,23,26,41,44H,14-15H2,1-3H3. The number of fused-ring (bicyclic) bond motifs is 2. The van der Waals surface area contributed by atoms with Crippen LogP contribution in [0.5, 0.6) is 17.2 Å². The first-order chi connectivity index (χ1) is 23.3. The van der Waals surface area contributed by atoms with Gasteiger partial charge < -0.3 is 29.1 Å². The number of piperidine rings is 1. The monoisotopic (exact) mass is 757 g/mol. The number of likely N-dealkylation sites (tertiary alicyclic amines) is 1. The van der Waals surface area contributed by atoms with Crippen molar-refractivity contribution in [3.05, 3.63) is 71.8 Å². The summed E-state index contributed by atoms with van der Waals surface area (Å²) in [5, 5.41) is 11.7. The van der Waals surface area contributed by atoms with E-state index in [0.717, 1.165) is 46.2 Å². The molecule has 20 heteroatoms. The molecule has 0 bridgehead atoms. The molecule has 3 unspecified atom stereocenters. The van der Waals surface area contributed by atoms with Crippen LogP contribution >= 0.6 is 0 Å². The number of amides is 1. The molecule has 0 aliphatic carbocycles. The molecule has 10 nitrogen and oxygen atoms in total. The van der Waals surface area contributed by atoms with Crippen LogP contribution in [0.25, 0.3) is 0 Å². The molecule has 2 heterocycles. The second-order valence-corrected chi connectivity index (χ2v) is 14.2. The molecule has 5 rings (SSSR count). The third-order valence-corrected chi connectivity index (χ3v) is 9.11. The molecule has 2 aliphatic rings. The topological polar surface area (TPSA) is 118 Å². The minimum absolute atomic E-state index is 0.174. The first-order valence-corrected chi connectivity index (χ1v) is 16.2. The van der Waals surface area contributed by atoms with E-state index in [2.05, 4.69) is 9.46 Å². The van der Waals surface area contributed by atoms with E-state index in [-0.39, 0.29) is 11.4 Å². The quantitative estimate of drug-likeness (QED) is 0.263. The van der Waals surface area contributed by atoms with Gasteiger partial charge >= 0.3 is 24.8 Å². The summed E-state index contributed by atoms with van der Waals surface area (Å²) in [5.41, 5.74) is -3.86. The number of carbonyl (C=O) groups is 1. The highest BCUT2D eigenvalue weighted by Crippen LogP contribution is 2.51. The van der Waals surface area contributed by atoms with E-state index in [0.29, 0.717) is 24.3 Å². The van der Waals surface area contributed by atoms with Gasteiger partial charge in [-0.2, -0.15) is 26.3 Å². The minimum Gasteiger partial charge on any atom is -0.453 e. The van der Waals surface area contributed by atoms with Crippen LogP contribution in [0.1, 0.15) is 31.9 Å². The van der Waals surface area contributed by atoms with Gasteiger partial charge in [-0.05, 0) is 81.4 Å². The lowest BCUT2D eigenvalue weighted by atomic mass is 9.94. The van der Waals surface area contributed by atoms with Gasteiger partial charge in [0.05, 0.1) is 45.6 Å². The molecule has 1 saturated heterocycles. The number of nitrogens with one attached hydrogen (secondary N) is 1.